The average molecular weight is 480 g/mol. The van der Waals surface area contributed by atoms with Crippen LogP contribution in [0.25, 0.3) is 32.3 Å². The predicted molar refractivity (Wildman–Crippen MR) is 132 cm³/mol. The number of nitrogens with zero attached hydrogens (tertiary/aromatic N) is 1. The summed E-state index contributed by atoms with van der Waals surface area (Å²) in [5, 5.41) is 1.13. The highest BCUT2D eigenvalue weighted by molar-refractivity contribution is 7.19. The number of rotatable bonds is 4. The number of benzene rings is 3. The summed E-state index contributed by atoms with van der Waals surface area (Å²) in [4.78, 5) is 15.6. The molecule has 1 aliphatic rings. The van der Waals surface area contributed by atoms with Gasteiger partial charge >= 0.3 is 0 Å². The first-order chi connectivity index (χ1) is 16.3. The van der Waals surface area contributed by atoms with E-state index in [9.17, 15) is 18.0 Å². The molecule has 0 bridgehead atoms. The molecule has 0 saturated carbocycles. The molecule has 1 aliphatic heterocycles. The highest BCUT2D eigenvalue weighted by atomic mass is 32.1. The molecule has 3 aromatic carbocycles. The van der Waals surface area contributed by atoms with E-state index in [1.54, 1.807) is 35.6 Å². The summed E-state index contributed by atoms with van der Waals surface area (Å²) in [5.41, 5.74) is 4.45. The molecule has 2 heterocycles. The van der Waals surface area contributed by atoms with Crippen LogP contribution in [0.1, 0.15) is 35.0 Å². The molecule has 1 fully saturated rings. The minimum absolute atomic E-state index is 0.0726. The normalized spacial score (nSPS) is 15.6. The minimum Gasteiger partial charge on any atom is -0.338 e. The maximum Gasteiger partial charge on any atom is 0.253 e. The van der Waals surface area contributed by atoms with Crippen molar-refractivity contribution >= 4 is 27.3 Å². The zero-order valence-electron chi connectivity index (χ0n) is 18.8. The molecule has 1 saturated heterocycles. The summed E-state index contributed by atoms with van der Waals surface area (Å²) >= 11 is 1.75. The zero-order chi connectivity index (χ0) is 23.9. The molecule has 0 atom stereocenters. The van der Waals surface area contributed by atoms with E-state index in [2.05, 4.69) is 25.1 Å². The second-order valence-corrected chi connectivity index (χ2v) is 9.88. The van der Waals surface area contributed by atoms with Gasteiger partial charge in [-0.25, -0.2) is 13.2 Å². The number of aryl methyl sites for hydroxylation is 1. The Labute approximate surface area is 200 Å². The predicted octanol–water partition coefficient (Wildman–Crippen LogP) is 7.81. The summed E-state index contributed by atoms with van der Waals surface area (Å²) in [5.74, 6) is -3.16. The number of carbonyl (C=O) groups is 1. The largest absolute Gasteiger partial charge is 0.338 e. The molecule has 4 aromatic rings. The van der Waals surface area contributed by atoms with Crippen LogP contribution in [-0.2, 0) is 6.42 Å². The summed E-state index contributed by atoms with van der Waals surface area (Å²) in [6, 6.07) is 20.3. The fourth-order valence-electron chi connectivity index (χ4n) is 4.42. The Morgan fingerprint density at radius 3 is 2.21 bits per heavy atom. The molecule has 6 heteroatoms. The number of alkyl halides is 2. The Morgan fingerprint density at radius 1 is 0.912 bits per heavy atom. The number of hydrogen-bond acceptors (Lipinski definition) is 2. The number of likely N-dealkylation sites (tertiary alicyclic amines) is 1. The topological polar surface area (TPSA) is 20.3 Å². The fourth-order valence-corrected chi connectivity index (χ4v) is 5.53. The first-order valence-electron chi connectivity index (χ1n) is 11.4. The first kappa shape index (κ1) is 22.7. The molecule has 0 aliphatic carbocycles. The van der Waals surface area contributed by atoms with Gasteiger partial charge in [0.2, 0.25) is 0 Å². The van der Waals surface area contributed by atoms with Crippen LogP contribution in [0.3, 0.4) is 0 Å². The molecule has 0 unspecified atom stereocenters. The number of carbonyl (C=O) groups excluding carboxylic acids is 1. The van der Waals surface area contributed by atoms with Crippen LogP contribution < -0.4 is 0 Å². The third kappa shape index (κ3) is 4.47. The summed E-state index contributed by atoms with van der Waals surface area (Å²) < 4.78 is 41.6. The molecule has 2 nitrogen and oxygen atoms in total. The lowest BCUT2D eigenvalue weighted by Crippen LogP contribution is -2.42. The summed E-state index contributed by atoms with van der Waals surface area (Å²) in [6.07, 6.45) is 0.365. The van der Waals surface area contributed by atoms with E-state index in [1.165, 1.54) is 26.6 Å². The lowest BCUT2D eigenvalue weighted by Gasteiger charge is -2.31. The SMILES string of the molecule is CCc1cc2cc(-c3ccc(C(=O)N4CCC(F)(F)CC4)cc3)cc(-c3ccc(F)cc3)c2s1. The molecule has 34 heavy (non-hydrogen) atoms. The first-order valence-corrected chi connectivity index (χ1v) is 12.2. The van der Waals surface area contributed by atoms with Crippen LogP contribution in [0.4, 0.5) is 13.2 Å². The van der Waals surface area contributed by atoms with E-state index >= 15 is 0 Å². The van der Waals surface area contributed by atoms with Crippen LogP contribution in [0, 0.1) is 5.82 Å². The van der Waals surface area contributed by atoms with E-state index in [1.807, 2.05) is 12.1 Å². The Hall–Kier alpha value is -3.12. The van der Waals surface area contributed by atoms with E-state index in [0.29, 0.717) is 5.56 Å². The monoisotopic (exact) mass is 479 g/mol. The van der Waals surface area contributed by atoms with Crippen molar-refractivity contribution in [2.45, 2.75) is 32.1 Å². The smallest absolute Gasteiger partial charge is 0.253 e. The quantitative estimate of drug-likeness (QED) is 0.292. The van der Waals surface area contributed by atoms with Gasteiger partial charge in [-0.3, -0.25) is 4.79 Å². The van der Waals surface area contributed by atoms with Crippen LogP contribution >= 0.6 is 11.3 Å². The van der Waals surface area contributed by atoms with Crippen molar-refractivity contribution in [2.24, 2.45) is 0 Å². The van der Waals surface area contributed by atoms with Gasteiger partial charge in [0.05, 0.1) is 0 Å². The van der Waals surface area contributed by atoms with Gasteiger partial charge in [0.25, 0.3) is 11.8 Å². The third-order valence-corrected chi connectivity index (χ3v) is 7.75. The number of fused-ring (bicyclic) bond motifs is 1. The van der Waals surface area contributed by atoms with Gasteiger partial charge in [-0.05, 0) is 71.0 Å². The maximum atomic E-state index is 13.5. The number of halogens is 3. The van der Waals surface area contributed by atoms with E-state index in [-0.39, 0.29) is 37.7 Å². The second-order valence-electron chi connectivity index (χ2n) is 8.74. The van der Waals surface area contributed by atoms with Crippen molar-refractivity contribution in [3.8, 4) is 22.3 Å². The Morgan fingerprint density at radius 2 is 1.56 bits per heavy atom. The minimum atomic E-state index is -2.68. The number of piperidine rings is 1. The highest BCUT2D eigenvalue weighted by Crippen LogP contribution is 2.39. The van der Waals surface area contributed by atoms with E-state index < -0.39 is 5.92 Å². The van der Waals surface area contributed by atoms with Crippen molar-refractivity contribution in [3.05, 3.63) is 83.0 Å². The summed E-state index contributed by atoms with van der Waals surface area (Å²) in [7, 11) is 0. The van der Waals surface area contributed by atoms with Crippen molar-refractivity contribution in [3.63, 3.8) is 0 Å². The lowest BCUT2D eigenvalue weighted by molar-refractivity contribution is -0.0494. The molecule has 1 amide bonds. The Bertz CT molecular complexity index is 1330. The van der Waals surface area contributed by atoms with Gasteiger partial charge in [-0.2, -0.15) is 0 Å². The number of amides is 1. The lowest BCUT2D eigenvalue weighted by atomic mass is 9.96. The van der Waals surface area contributed by atoms with Gasteiger partial charge in [-0.15, -0.1) is 11.3 Å². The Balaban J connectivity index is 1.48. The zero-order valence-corrected chi connectivity index (χ0v) is 19.6. The molecule has 174 valence electrons. The van der Waals surface area contributed by atoms with Gasteiger partial charge in [-0.1, -0.05) is 31.2 Å². The van der Waals surface area contributed by atoms with Crippen LogP contribution in [0.5, 0.6) is 0 Å². The average Bonchev–Trinajstić information content (AvgIpc) is 3.27. The van der Waals surface area contributed by atoms with Crippen LogP contribution in [0.2, 0.25) is 0 Å². The van der Waals surface area contributed by atoms with E-state index in [4.69, 9.17) is 0 Å². The molecule has 0 spiro atoms. The number of thiophene rings is 1. The van der Waals surface area contributed by atoms with E-state index in [0.717, 1.165) is 34.1 Å². The molecular weight excluding hydrogens is 455 g/mol. The molecule has 0 radical (unpaired) electrons. The van der Waals surface area contributed by atoms with Gasteiger partial charge in [0.15, 0.2) is 0 Å². The van der Waals surface area contributed by atoms with Gasteiger partial charge in [0.1, 0.15) is 5.82 Å². The summed E-state index contributed by atoms with van der Waals surface area (Å²) in [6.45, 7) is 2.27. The van der Waals surface area contributed by atoms with Gasteiger partial charge in [0, 0.05) is 46.6 Å². The van der Waals surface area contributed by atoms with Crippen LogP contribution in [0.15, 0.2) is 66.7 Å². The fraction of sp³-hybridized carbons (Fsp3) is 0.250. The number of hydrogen-bond donors (Lipinski definition) is 0. The van der Waals surface area contributed by atoms with Crippen molar-refractivity contribution in [1.29, 1.82) is 0 Å². The third-order valence-electron chi connectivity index (χ3n) is 6.42. The highest BCUT2D eigenvalue weighted by Gasteiger charge is 2.35. The van der Waals surface area contributed by atoms with Crippen molar-refractivity contribution < 1.29 is 18.0 Å². The van der Waals surface area contributed by atoms with Crippen LogP contribution in [-0.4, -0.2) is 29.8 Å². The molecule has 1 aromatic heterocycles. The molecule has 0 N–H and O–H groups in total. The second kappa shape index (κ2) is 8.91. The maximum absolute atomic E-state index is 13.5. The Kier molecular flexibility index (Phi) is 5.94. The standard InChI is InChI=1S/C28H24F3NOS/c1-2-24-16-22-15-21(17-25(26(22)34-24)19-7-9-23(29)10-8-19)18-3-5-20(6-4-18)27(33)32-13-11-28(30,31)12-14-32/h3-10,15-17H,2,11-14H2,1H3. The van der Waals surface area contributed by atoms with Gasteiger partial charge < -0.3 is 4.90 Å². The van der Waals surface area contributed by atoms with Crippen molar-refractivity contribution in [1.82, 2.24) is 4.90 Å². The van der Waals surface area contributed by atoms with Crippen molar-refractivity contribution in [2.75, 3.05) is 13.1 Å². The molecule has 5 rings (SSSR count). The molecular formula is C28H24F3NOS.